The highest BCUT2D eigenvalue weighted by Crippen LogP contribution is 2.33. The Balaban J connectivity index is 2.03. The van der Waals surface area contributed by atoms with Crippen LogP contribution in [0, 0.1) is 18.3 Å². The van der Waals surface area contributed by atoms with Gasteiger partial charge in [0, 0.05) is 13.2 Å². The number of hydrogen-bond donors (Lipinski definition) is 3. The first-order chi connectivity index (χ1) is 15.8. The molecule has 33 heavy (non-hydrogen) atoms. The van der Waals surface area contributed by atoms with Gasteiger partial charge >= 0.3 is 0 Å². The average molecular weight is 447 g/mol. The molecule has 3 aromatic heterocycles. The van der Waals surface area contributed by atoms with E-state index in [4.69, 9.17) is 11.5 Å². The minimum Gasteiger partial charge on any atom is -0.371 e. The number of nitrogens with two attached hydrogens (primary N) is 2. The quantitative estimate of drug-likeness (QED) is 0.405. The number of carbonyl (C=O) groups is 2. The van der Waals surface area contributed by atoms with E-state index >= 15 is 0 Å². The fraction of sp³-hybridized carbons (Fsp3) is 0.200. The van der Waals surface area contributed by atoms with Crippen LogP contribution in [0.15, 0.2) is 46.9 Å². The summed E-state index contributed by atoms with van der Waals surface area (Å²) in [6.45, 7) is 1.27. The van der Waals surface area contributed by atoms with Crippen LogP contribution in [-0.4, -0.2) is 51.7 Å². The molecule has 13 heteroatoms. The second-order valence-corrected chi connectivity index (χ2v) is 6.83. The van der Waals surface area contributed by atoms with Gasteiger partial charge in [-0.05, 0) is 30.7 Å². The topological polar surface area (TPSA) is 194 Å². The Morgan fingerprint density at radius 1 is 1.24 bits per heavy atom. The Kier molecular flexibility index (Phi) is 6.89. The van der Waals surface area contributed by atoms with Crippen molar-refractivity contribution in [3.8, 4) is 11.9 Å². The molecule has 0 aliphatic heterocycles. The van der Waals surface area contributed by atoms with Gasteiger partial charge in [0.05, 0.1) is 19.3 Å². The molecular formula is C20H21N11O2. The lowest BCUT2D eigenvalue weighted by atomic mass is 10.2. The number of nitriles is 1. The number of amides is 2. The maximum absolute atomic E-state index is 11.4. The predicted octanol–water partition coefficient (Wildman–Crippen LogP) is 1.08. The number of nitrogens with zero attached hydrogens (tertiary/aromatic N) is 8. The first-order valence-corrected chi connectivity index (χ1v) is 9.66. The number of hydrogen-bond acceptors (Lipinski definition) is 10. The van der Waals surface area contributed by atoms with E-state index in [1.165, 1.54) is 15.8 Å². The van der Waals surface area contributed by atoms with Crippen LogP contribution in [0.1, 0.15) is 11.1 Å². The number of aryl methyl sites for hydroxylation is 1. The van der Waals surface area contributed by atoms with Crippen molar-refractivity contribution < 1.29 is 9.59 Å². The van der Waals surface area contributed by atoms with Crippen molar-refractivity contribution >= 4 is 35.0 Å². The number of primary amides is 2. The van der Waals surface area contributed by atoms with Gasteiger partial charge in [0.15, 0.2) is 17.5 Å². The van der Waals surface area contributed by atoms with Crippen molar-refractivity contribution in [3.05, 3.63) is 47.8 Å². The number of aromatic nitrogens is 4. The zero-order valence-corrected chi connectivity index (χ0v) is 17.9. The van der Waals surface area contributed by atoms with Gasteiger partial charge < -0.3 is 21.7 Å². The van der Waals surface area contributed by atoms with E-state index in [9.17, 15) is 14.9 Å². The van der Waals surface area contributed by atoms with E-state index in [-0.39, 0.29) is 24.5 Å². The maximum Gasteiger partial charge on any atom is 0.237 e. The van der Waals surface area contributed by atoms with Gasteiger partial charge in [-0.25, -0.2) is 9.97 Å². The average Bonchev–Trinajstić information content (AvgIpc) is 3.20. The van der Waals surface area contributed by atoms with Crippen LogP contribution >= 0.6 is 0 Å². The molecule has 0 spiro atoms. The van der Waals surface area contributed by atoms with Crippen molar-refractivity contribution in [1.29, 1.82) is 5.26 Å². The fourth-order valence-electron chi connectivity index (χ4n) is 2.97. The lowest BCUT2D eigenvalue weighted by molar-refractivity contribution is -0.117. The van der Waals surface area contributed by atoms with Crippen LogP contribution < -0.4 is 21.7 Å². The van der Waals surface area contributed by atoms with E-state index in [2.05, 4.69) is 30.6 Å². The van der Waals surface area contributed by atoms with Crippen molar-refractivity contribution in [3.63, 3.8) is 0 Å². The molecule has 0 radical (unpaired) electrons. The SMILES string of the molecule is CNc1nc(N(CC(N)=O)CC(N)=O)cc(C)c1N=Nc1c(C#N)cnn1-c1ccccn1. The van der Waals surface area contributed by atoms with Crippen LogP contribution in [0.3, 0.4) is 0 Å². The summed E-state index contributed by atoms with van der Waals surface area (Å²) < 4.78 is 1.40. The summed E-state index contributed by atoms with van der Waals surface area (Å²) in [5.41, 5.74) is 11.8. The molecule has 0 aliphatic carbocycles. The normalized spacial score (nSPS) is 10.7. The third-order valence-electron chi connectivity index (χ3n) is 4.40. The highest BCUT2D eigenvalue weighted by atomic mass is 16.2. The van der Waals surface area contributed by atoms with E-state index < -0.39 is 11.8 Å². The molecule has 3 aromatic rings. The third-order valence-corrected chi connectivity index (χ3v) is 4.40. The van der Waals surface area contributed by atoms with Crippen LogP contribution in [-0.2, 0) is 9.59 Å². The fourth-order valence-corrected chi connectivity index (χ4v) is 2.97. The largest absolute Gasteiger partial charge is 0.371 e. The van der Waals surface area contributed by atoms with Crippen molar-refractivity contribution in [1.82, 2.24) is 19.7 Å². The highest BCUT2D eigenvalue weighted by molar-refractivity contribution is 5.85. The second-order valence-electron chi connectivity index (χ2n) is 6.83. The Labute approximate surface area is 188 Å². The zero-order valence-electron chi connectivity index (χ0n) is 17.9. The summed E-state index contributed by atoms with van der Waals surface area (Å²) in [6.07, 6.45) is 2.97. The van der Waals surface area contributed by atoms with E-state index in [1.807, 2.05) is 6.07 Å². The van der Waals surface area contributed by atoms with Crippen LogP contribution in [0.4, 0.5) is 23.1 Å². The molecule has 2 amide bonds. The molecule has 0 atom stereocenters. The van der Waals surface area contributed by atoms with Crippen molar-refractivity contribution in [2.45, 2.75) is 6.92 Å². The Morgan fingerprint density at radius 3 is 2.55 bits per heavy atom. The maximum atomic E-state index is 11.4. The Bertz CT molecular complexity index is 1230. The molecular weight excluding hydrogens is 426 g/mol. The van der Waals surface area contributed by atoms with E-state index in [1.54, 1.807) is 44.4 Å². The molecule has 168 valence electrons. The van der Waals surface area contributed by atoms with Crippen LogP contribution in [0.25, 0.3) is 5.82 Å². The minimum atomic E-state index is -0.641. The van der Waals surface area contributed by atoms with Gasteiger partial charge in [-0.1, -0.05) is 6.07 Å². The number of anilines is 2. The predicted molar refractivity (Wildman–Crippen MR) is 119 cm³/mol. The summed E-state index contributed by atoms with van der Waals surface area (Å²) in [5, 5.41) is 25.1. The number of nitrogens with one attached hydrogen (secondary N) is 1. The van der Waals surface area contributed by atoms with E-state index in [0.717, 1.165) is 0 Å². The van der Waals surface area contributed by atoms with Crippen LogP contribution in [0.5, 0.6) is 0 Å². The standard InChI is InChI=1S/C20H21N11O2/c1-12-7-17(30(10-14(22)32)11-15(23)33)27-19(24-2)18(12)28-29-20-13(8-21)9-26-31(20)16-5-3-4-6-25-16/h3-7,9H,10-11H2,1-2H3,(H2,22,32)(H2,23,33)(H,24,27). The minimum absolute atomic E-state index is 0.200. The molecule has 3 rings (SSSR count). The summed E-state index contributed by atoms with van der Waals surface area (Å²) in [6, 6.07) is 8.93. The Morgan fingerprint density at radius 2 is 1.97 bits per heavy atom. The van der Waals surface area contributed by atoms with Gasteiger partial charge in [-0.15, -0.1) is 10.2 Å². The number of pyridine rings is 2. The zero-order chi connectivity index (χ0) is 24.0. The summed E-state index contributed by atoms with van der Waals surface area (Å²) in [7, 11) is 1.63. The lowest BCUT2D eigenvalue weighted by Crippen LogP contribution is -2.40. The monoisotopic (exact) mass is 447 g/mol. The summed E-state index contributed by atoms with van der Waals surface area (Å²) >= 11 is 0. The highest BCUT2D eigenvalue weighted by Gasteiger charge is 2.18. The van der Waals surface area contributed by atoms with Gasteiger partial charge in [-0.2, -0.15) is 15.0 Å². The Hall–Kier alpha value is -4.86. The number of rotatable bonds is 9. The number of carbonyl (C=O) groups excluding carboxylic acids is 2. The molecule has 0 bridgehead atoms. The molecule has 13 nitrogen and oxygen atoms in total. The smallest absolute Gasteiger partial charge is 0.237 e. The van der Waals surface area contributed by atoms with Crippen LogP contribution in [0.2, 0.25) is 0 Å². The summed E-state index contributed by atoms with van der Waals surface area (Å²) in [4.78, 5) is 32.9. The first-order valence-electron chi connectivity index (χ1n) is 9.66. The van der Waals surface area contributed by atoms with Gasteiger partial charge in [0.2, 0.25) is 11.8 Å². The summed E-state index contributed by atoms with van der Waals surface area (Å²) in [5.74, 6) is 0.0284. The number of azo groups is 1. The molecule has 0 aromatic carbocycles. The van der Waals surface area contributed by atoms with Crippen molar-refractivity contribution in [2.24, 2.45) is 21.7 Å². The van der Waals surface area contributed by atoms with Crippen molar-refractivity contribution in [2.75, 3.05) is 30.4 Å². The lowest BCUT2D eigenvalue weighted by Gasteiger charge is -2.22. The van der Waals surface area contributed by atoms with E-state index in [0.29, 0.717) is 28.7 Å². The molecule has 0 unspecified atom stereocenters. The third kappa shape index (κ3) is 5.25. The van der Waals surface area contributed by atoms with Gasteiger partial charge in [0.25, 0.3) is 0 Å². The molecule has 0 saturated heterocycles. The molecule has 3 heterocycles. The molecule has 0 saturated carbocycles. The van der Waals surface area contributed by atoms with Gasteiger partial charge in [0.1, 0.15) is 23.1 Å². The van der Waals surface area contributed by atoms with Gasteiger partial charge in [-0.3, -0.25) is 9.59 Å². The molecule has 0 aliphatic rings. The molecule has 0 fully saturated rings. The second kappa shape index (κ2) is 9.96. The first kappa shape index (κ1) is 22.8. The molecule has 5 N–H and O–H groups in total.